The second-order valence-electron chi connectivity index (χ2n) is 10.1. The Morgan fingerprint density at radius 1 is 1.10 bits per heavy atom. The zero-order chi connectivity index (χ0) is 29.5. The zero-order valence-corrected chi connectivity index (χ0v) is 22.9. The second-order valence-corrected chi connectivity index (χ2v) is 12.7. The summed E-state index contributed by atoms with van der Waals surface area (Å²) in [5.41, 5.74) is -2.18. The highest BCUT2D eigenvalue weighted by molar-refractivity contribution is 7.91. The van der Waals surface area contributed by atoms with Gasteiger partial charge in [0, 0.05) is 17.5 Å². The summed E-state index contributed by atoms with van der Waals surface area (Å²) in [5.74, 6) is -1.44. The van der Waals surface area contributed by atoms with Gasteiger partial charge >= 0.3 is 12.1 Å². The number of carboxylic acid groups (broad SMARTS) is 1. The highest BCUT2D eigenvalue weighted by atomic mass is 35.5. The van der Waals surface area contributed by atoms with Gasteiger partial charge in [-0.05, 0) is 68.8 Å². The van der Waals surface area contributed by atoms with Crippen LogP contribution < -0.4 is 9.47 Å². The molecule has 1 heterocycles. The molecule has 0 radical (unpaired) electrons. The zero-order valence-electron chi connectivity index (χ0n) is 21.3. The van der Waals surface area contributed by atoms with Gasteiger partial charge in [-0.15, -0.1) is 0 Å². The molecular weight excluding hydrogens is 576 g/mol. The number of halogens is 5. The summed E-state index contributed by atoms with van der Waals surface area (Å²) >= 11 is 6.06. The van der Waals surface area contributed by atoms with Crippen molar-refractivity contribution in [1.82, 2.24) is 0 Å². The van der Waals surface area contributed by atoms with E-state index in [-0.39, 0.29) is 47.1 Å². The van der Waals surface area contributed by atoms with Crippen molar-refractivity contribution < 1.29 is 45.4 Å². The average Bonchev–Trinajstić information content (AvgIpc) is 2.87. The first kappa shape index (κ1) is 29.7. The van der Waals surface area contributed by atoms with Gasteiger partial charge < -0.3 is 14.6 Å². The first-order valence-electron chi connectivity index (χ1n) is 12.1. The molecule has 4 rings (SSSR count). The van der Waals surface area contributed by atoms with Gasteiger partial charge in [-0.2, -0.15) is 13.2 Å². The van der Waals surface area contributed by atoms with Crippen molar-refractivity contribution in [2.24, 2.45) is 5.41 Å². The number of hydrogen-bond acceptors (Lipinski definition) is 5. The van der Waals surface area contributed by atoms with Crippen LogP contribution in [0.25, 0.3) is 0 Å². The van der Waals surface area contributed by atoms with Crippen LogP contribution in [-0.4, -0.2) is 25.6 Å². The summed E-state index contributed by atoms with van der Waals surface area (Å²) in [6.45, 7) is 2.66. The van der Waals surface area contributed by atoms with E-state index < -0.39 is 55.0 Å². The van der Waals surface area contributed by atoms with E-state index >= 15 is 0 Å². The Morgan fingerprint density at radius 3 is 2.45 bits per heavy atom. The molecule has 0 bridgehead atoms. The van der Waals surface area contributed by atoms with E-state index in [1.807, 2.05) is 0 Å². The Balaban J connectivity index is 1.74. The third-order valence-electron chi connectivity index (χ3n) is 6.72. The molecule has 1 aliphatic rings. The normalized spacial score (nSPS) is 17.6. The van der Waals surface area contributed by atoms with Crippen LogP contribution >= 0.6 is 11.6 Å². The van der Waals surface area contributed by atoms with Crippen LogP contribution in [0.5, 0.6) is 11.5 Å². The third-order valence-corrected chi connectivity index (χ3v) is 9.19. The number of ether oxygens (including phenoxy) is 2. The predicted octanol–water partition coefficient (Wildman–Crippen LogP) is 7.24. The second kappa shape index (κ2) is 10.9. The number of carboxylic acids is 1. The molecule has 2 atom stereocenters. The number of alkyl halides is 3. The van der Waals surface area contributed by atoms with Gasteiger partial charge in [0.15, 0.2) is 9.84 Å². The molecule has 1 aliphatic heterocycles. The minimum Gasteiger partial charge on any atom is -0.490 e. The minimum atomic E-state index is -4.76. The standard InChI is InChI=1S/C28H25ClF4O6S/c1-27(2,26(34)35)14-18-13-25(40(36,37)19-6-3-5-16(11-19)28(31,32)33)20-12-17(9-10-24(20)39-18)38-15-21-22(29)7-4-8-23(21)30/h3-12,18,25H,13-15H2,1-2H3,(H,34,35). The molecule has 1 N–H and O–H groups in total. The van der Waals surface area contributed by atoms with E-state index in [0.717, 1.165) is 18.2 Å². The summed E-state index contributed by atoms with van der Waals surface area (Å²) in [7, 11) is -4.43. The monoisotopic (exact) mass is 600 g/mol. The van der Waals surface area contributed by atoms with E-state index in [1.54, 1.807) is 0 Å². The quantitative estimate of drug-likeness (QED) is 0.274. The lowest BCUT2D eigenvalue weighted by molar-refractivity contribution is -0.148. The van der Waals surface area contributed by atoms with E-state index in [1.165, 1.54) is 50.2 Å². The van der Waals surface area contributed by atoms with Crippen molar-refractivity contribution in [2.45, 2.75) is 55.7 Å². The van der Waals surface area contributed by atoms with Crippen LogP contribution in [0.1, 0.15) is 48.6 Å². The molecule has 6 nitrogen and oxygen atoms in total. The fourth-order valence-electron chi connectivity index (χ4n) is 4.48. The summed E-state index contributed by atoms with van der Waals surface area (Å²) < 4.78 is 93.6. The molecule has 0 aliphatic carbocycles. The fourth-order valence-corrected chi connectivity index (χ4v) is 6.58. The molecular formula is C28H25ClF4O6S. The number of sulfone groups is 1. The van der Waals surface area contributed by atoms with E-state index in [9.17, 15) is 35.9 Å². The molecule has 0 fully saturated rings. The lowest BCUT2D eigenvalue weighted by atomic mass is 9.84. The molecule has 3 aromatic rings. The molecule has 2 unspecified atom stereocenters. The maximum Gasteiger partial charge on any atom is 0.416 e. The number of aliphatic carboxylic acids is 1. The maximum absolute atomic E-state index is 14.2. The van der Waals surface area contributed by atoms with Crippen LogP contribution in [0, 0.1) is 11.2 Å². The molecule has 214 valence electrons. The van der Waals surface area contributed by atoms with Gasteiger partial charge in [0.05, 0.1) is 26.1 Å². The van der Waals surface area contributed by atoms with Crippen molar-refractivity contribution >= 4 is 27.4 Å². The molecule has 40 heavy (non-hydrogen) atoms. The van der Waals surface area contributed by atoms with Gasteiger partial charge in [-0.25, -0.2) is 12.8 Å². The minimum absolute atomic E-state index is 0.0551. The first-order chi connectivity index (χ1) is 18.6. The molecule has 3 aromatic carbocycles. The molecule has 0 aromatic heterocycles. The maximum atomic E-state index is 14.2. The Labute approximate surface area is 233 Å². The highest BCUT2D eigenvalue weighted by Gasteiger charge is 2.42. The number of fused-ring (bicyclic) bond motifs is 1. The van der Waals surface area contributed by atoms with Crippen molar-refractivity contribution in [3.63, 3.8) is 0 Å². The summed E-state index contributed by atoms with van der Waals surface area (Å²) in [6.07, 6.45) is -5.90. The number of benzene rings is 3. The van der Waals surface area contributed by atoms with Crippen molar-refractivity contribution in [3.8, 4) is 11.5 Å². The van der Waals surface area contributed by atoms with Gasteiger partial charge in [0.2, 0.25) is 0 Å². The number of rotatable bonds is 8. The van der Waals surface area contributed by atoms with E-state index in [2.05, 4.69) is 0 Å². The number of hydrogen-bond donors (Lipinski definition) is 1. The van der Waals surface area contributed by atoms with E-state index in [0.29, 0.717) is 6.07 Å². The Morgan fingerprint density at radius 2 is 1.80 bits per heavy atom. The molecule has 0 spiro atoms. The Hall–Kier alpha value is -3.31. The van der Waals surface area contributed by atoms with Crippen molar-refractivity contribution in [1.29, 1.82) is 0 Å². The average molecular weight is 601 g/mol. The Bertz CT molecular complexity index is 1520. The highest BCUT2D eigenvalue weighted by Crippen LogP contribution is 2.46. The van der Waals surface area contributed by atoms with Crippen LogP contribution in [0.3, 0.4) is 0 Å². The Kier molecular flexibility index (Phi) is 8.11. The van der Waals surface area contributed by atoms with Crippen LogP contribution in [0.15, 0.2) is 65.6 Å². The lowest BCUT2D eigenvalue weighted by Crippen LogP contribution is -2.36. The topological polar surface area (TPSA) is 89.9 Å². The number of carbonyl (C=O) groups is 1. The predicted molar refractivity (Wildman–Crippen MR) is 139 cm³/mol. The molecule has 0 amide bonds. The van der Waals surface area contributed by atoms with Crippen LogP contribution in [0.4, 0.5) is 17.6 Å². The first-order valence-corrected chi connectivity index (χ1v) is 14.0. The third kappa shape index (κ3) is 6.20. The van der Waals surface area contributed by atoms with Gasteiger partial charge in [0.25, 0.3) is 0 Å². The lowest BCUT2D eigenvalue weighted by Gasteiger charge is -2.35. The van der Waals surface area contributed by atoms with E-state index in [4.69, 9.17) is 21.1 Å². The summed E-state index contributed by atoms with van der Waals surface area (Å²) in [6, 6.07) is 11.8. The largest absolute Gasteiger partial charge is 0.490 e. The SMILES string of the molecule is CC(C)(CC1CC(S(=O)(=O)c2cccc(C(F)(F)F)c2)c2cc(OCc3c(F)cccc3Cl)ccc2O1)C(=O)O. The van der Waals surface area contributed by atoms with Crippen molar-refractivity contribution in [3.05, 3.63) is 88.2 Å². The van der Waals surface area contributed by atoms with Gasteiger partial charge in [-0.1, -0.05) is 23.7 Å². The van der Waals surface area contributed by atoms with Crippen LogP contribution in [0.2, 0.25) is 5.02 Å². The smallest absolute Gasteiger partial charge is 0.416 e. The van der Waals surface area contributed by atoms with Crippen LogP contribution in [-0.2, 0) is 27.4 Å². The summed E-state index contributed by atoms with van der Waals surface area (Å²) in [5, 5.41) is 8.33. The summed E-state index contributed by atoms with van der Waals surface area (Å²) in [4.78, 5) is 11.2. The fraction of sp³-hybridized carbons (Fsp3) is 0.321. The molecule has 12 heteroatoms. The van der Waals surface area contributed by atoms with Gasteiger partial charge in [0.1, 0.15) is 30.0 Å². The van der Waals surface area contributed by atoms with Crippen molar-refractivity contribution in [2.75, 3.05) is 0 Å². The van der Waals surface area contributed by atoms with Gasteiger partial charge in [-0.3, -0.25) is 4.79 Å². The molecule has 0 saturated heterocycles. The molecule has 0 saturated carbocycles.